The number of nitrogens with zero attached hydrogens (tertiary/aromatic N) is 3. The summed E-state index contributed by atoms with van der Waals surface area (Å²) >= 11 is 0. The second kappa shape index (κ2) is 8.33. The van der Waals surface area contributed by atoms with Crippen LogP contribution in [0.4, 0.5) is 5.69 Å². The third-order valence-corrected chi connectivity index (χ3v) is 6.12. The maximum absolute atomic E-state index is 5.42. The maximum Gasteiger partial charge on any atom is 0.194 e. The molecule has 1 N–H and O–H groups in total. The van der Waals surface area contributed by atoms with E-state index in [1.807, 2.05) is 7.05 Å². The summed E-state index contributed by atoms with van der Waals surface area (Å²) in [4.78, 5) is 9.24. The molecule has 0 spiro atoms. The third-order valence-electron chi connectivity index (χ3n) is 6.12. The molecule has 1 aromatic carbocycles. The number of ether oxygens (including phenoxy) is 1. The average Bonchev–Trinajstić information content (AvgIpc) is 2.62. The van der Waals surface area contributed by atoms with Crippen molar-refractivity contribution in [1.29, 1.82) is 0 Å². The Labute approximate surface area is 175 Å². The predicted octanol–water partition coefficient (Wildman–Crippen LogP) is 3.34. The van der Waals surface area contributed by atoms with Crippen molar-refractivity contribution in [2.45, 2.75) is 39.8 Å². The van der Waals surface area contributed by atoms with Crippen molar-refractivity contribution in [2.75, 3.05) is 44.8 Å². The van der Waals surface area contributed by atoms with Gasteiger partial charge in [-0.2, -0.15) is 0 Å². The number of benzene rings is 1. The molecule has 2 saturated heterocycles. The topological polar surface area (TPSA) is 40.1 Å². The minimum Gasteiger partial charge on any atom is -0.378 e. The van der Waals surface area contributed by atoms with Gasteiger partial charge in [-0.3, -0.25) is 4.99 Å². The van der Waals surface area contributed by atoms with Gasteiger partial charge in [0, 0.05) is 49.9 Å². The number of anilines is 1. The predicted molar refractivity (Wildman–Crippen MR) is 120 cm³/mol. The molecule has 2 heterocycles. The van der Waals surface area contributed by atoms with E-state index in [0.29, 0.717) is 5.41 Å². The lowest BCUT2D eigenvalue weighted by Gasteiger charge is -2.62. The highest BCUT2D eigenvalue weighted by molar-refractivity contribution is 14.0. The molecule has 3 rings (SSSR count). The standard InChI is InChI=1S/C20H32N4O.HI/c1-19(2)15-24(20(19,3)4)18(21-5)22-14-16-6-8-17(9-7-16)23-10-12-25-13-11-23;/h6-9H,10-15H2,1-5H3,(H,21,22);1H. The molecular weight excluding hydrogens is 439 g/mol. The molecule has 146 valence electrons. The van der Waals surface area contributed by atoms with Crippen LogP contribution in [0.25, 0.3) is 0 Å². The van der Waals surface area contributed by atoms with Crippen molar-refractivity contribution in [1.82, 2.24) is 10.2 Å². The molecule has 2 aliphatic rings. The van der Waals surface area contributed by atoms with Crippen LogP contribution in [0.3, 0.4) is 0 Å². The van der Waals surface area contributed by atoms with Crippen molar-refractivity contribution in [2.24, 2.45) is 10.4 Å². The zero-order valence-corrected chi connectivity index (χ0v) is 19.0. The summed E-state index contributed by atoms with van der Waals surface area (Å²) in [5.41, 5.74) is 2.98. The summed E-state index contributed by atoms with van der Waals surface area (Å²) in [5.74, 6) is 0.988. The fraction of sp³-hybridized carbons (Fsp3) is 0.650. The van der Waals surface area contributed by atoms with Gasteiger partial charge in [-0.05, 0) is 31.5 Å². The van der Waals surface area contributed by atoms with Crippen LogP contribution in [-0.2, 0) is 11.3 Å². The van der Waals surface area contributed by atoms with Crippen LogP contribution in [0.15, 0.2) is 29.3 Å². The number of hydrogen-bond acceptors (Lipinski definition) is 3. The van der Waals surface area contributed by atoms with Gasteiger partial charge >= 0.3 is 0 Å². The number of rotatable bonds is 3. The van der Waals surface area contributed by atoms with E-state index < -0.39 is 0 Å². The van der Waals surface area contributed by atoms with E-state index in [0.717, 1.165) is 45.4 Å². The molecule has 0 amide bonds. The quantitative estimate of drug-likeness (QED) is 0.416. The Bertz CT molecular complexity index is 621. The first kappa shape index (κ1) is 21.3. The smallest absolute Gasteiger partial charge is 0.194 e. The highest BCUT2D eigenvalue weighted by Crippen LogP contribution is 2.46. The fourth-order valence-corrected chi connectivity index (χ4v) is 3.52. The summed E-state index contributed by atoms with van der Waals surface area (Å²) < 4.78 is 5.42. The summed E-state index contributed by atoms with van der Waals surface area (Å²) in [6, 6.07) is 8.83. The Hall–Kier alpha value is -1.02. The molecule has 6 heteroatoms. The van der Waals surface area contributed by atoms with Crippen molar-refractivity contribution in [3.63, 3.8) is 0 Å². The summed E-state index contributed by atoms with van der Waals surface area (Å²) in [5, 5.41) is 3.52. The third kappa shape index (κ3) is 4.11. The van der Waals surface area contributed by atoms with Crippen LogP contribution in [0.1, 0.15) is 33.3 Å². The monoisotopic (exact) mass is 472 g/mol. The van der Waals surface area contributed by atoms with Crippen LogP contribution in [0, 0.1) is 5.41 Å². The van der Waals surface area contributed by atoms with Gasteiger partial charge < -0.3 is 19.9 Å². The number of aliphatic imine (C=N–C) groups is 1. The Balaban J connectivity index is 0.00000243. The molecule has 0 bridgehead atoms. The molecule has 26 heavy (non-hydrogen) atoms. The van der Waals surface area contributed by atoms with Crippen molar-refractivity contribution in [3.05, 3.63) is 29.8 Å². The average molecular weight is 472 g/mol. The van der Waals surface area contributed by atoms with Crippen LogP contribution < -0.4 is 10.2 Å². The molecule has 0 aliphatic carbocycles. The van der Waals surface area contributed by atoms with Gasteiger partial charge in [-0.25, -0.2) is 0 Å². The maximum atomic E-state index is 5.42. The number of hydrogen-bond donors (Lipinski definition) is 1. The highest BCUT2D eigenvalue weighted by atomic mass is 127. The van der Waals surface area contributed by atoms with Gasteiger partial charge in [0.15, 0.2) is 5.96 Å². The van der Waals surface area contributed by atoms with E-state index in [1.165, 1.54) is 11.3 Å². The number of guanidine groups is 1. The lowest BCUT2D eigenvalue weighted by Crippen LogP contribution is -2.72. The first-order chi connectivity index (χ1) is 11.8. The first-order valence-corrected chi connectivity index (χ1v) is 9.25. The van der Waals surface area contributed by atoms with E-state index >= 15 is 0 Å². The zero-order valence-electron chi connectivity index (χ0n) is 16.7. The van der Waals surface area contributed by atoms with Crippen LogP contribution in [0.2, 0.25) is 0 Å². The van der Waals surface area contributed by atoms with E-state index in [1.54, 1.807) is 0 Å². The van der Waals surface area contributed by atoms with Gasteiger partial charge in [0.25, 0.3) is 0 Å². The molecule has 0 aromatic heterocycles. The minimum absolute atomic E-state index is 0. The number of likely N-dealkylation sites (tertiary alicyclic amines) is 1. The van der Waals surface area contributed by atoms with Crippen molar-refractivity contribution >= 4 is 35.6 Å². The van der Waals surface area contributed by atoms with Gasteiger partial charge in [0.2, 0.25) is 0 Å². The molecule has 2 fully saturated rings. The Morgan fingerprint density at radius 3 is 2.23 bits per heavy atom. The first-order valence-electron chi connectivity index (χ1n) is 9.25. The van der Waals surface area contributed by atoms with Gasteiger partial charge in [0.05, 0.1) is 13.2 Å². The number of nitrogens with one attached hydrogen (secondary N) is 1. The molecule has 0 radical (unpaired) electrons. The lowest BCUT2D eigenvalue weighted by molar-refractivity contribution is -0.0667. The van der Waals surface area contributed by atoms with Crippen molar-refractivity contribution < 1.29 is 4.74 Å². The van der Waals surface area contributed by atoms with Gasteiger partial charge in [0.1, 0.15) is 0 Å². The van der Waals surface area contributed by atoms with Gasteiger partial charge in [-0.1, -0.05) is 26.0 Å². The van der Waals surface area contributed by atoms with Crippen LogP contribution in [-0.4, -0.2) is 56.3 Å². The SMILES string of the molecule is CN=C(NCc1ccc(N2CCOCC2)cc1)N1CC(C)(C)C1(C)C.I. The highest BCUT2D eigenvalue weighted by Gasteiger charge is 2.53. The molecule has 1 aromatic rings. The zero-order chi connectivity index (χ0) is 18.1. The molecule has 0 atom stereocenters. The Morgan fingerprint density at radius 2 is 1.73 bits per heavy atom. The summed E-state index contributed by atoms with van der Waals surface area (Å²) in [7, 11) is 1.87. The molecule has 0 unspecified atom stereocenters. The summed E-state index contributed by atoms with van der Waals surface area (Å²) in [6.45, 7) is 14.7. The minimum atomic E-state index is 0. The van der Waals surface area contributed by atoms with Gasteiger partial charge in [-0.15, -0.1) is 24.0 Å². The van der Waals surface area contributed by atoms with E-state index in [-0.39, 0.29) is 29.5 Å². The number of morpholine rings is 1. The second-order valence-corrected chi connectivity index (χ2v) is 8.20. The molecule has 0 saturated carbocycles. The summed E-state index contributed by atoms with van der Waals surface area (Å²) in [6.07, 6.45) is 0. The molecule has 2 aliphatic heterocycles. The van der Waals surface area contributed by atoms with Crippen molar-refractivity contribution in [3.8, 4) is 0 Å². The van der Waals surface area contributed by atoms with E-state index in [2.05, 4.69) is 72.1 Å². The normalized spacial score (nSPS) is 21.7. The van der Waals surface area contributed by atoms with E-state index in [4.69, 9.17) is 4.74 Å². The number of halogens is 1. The molecular formula is C20H33IN4O. The molecule has 5 nitrogen and oxygen atoms in total. The van der Waals surface area contributed by atoms with Crippen LogP contribution in [0.5, 0.6) is 0 Å². The second-order valence-electron chi connectivity index (χ2n) is 8.20. The lowest BCUT2D eigenvalue weighted by atomic mass is 9.65. The largest absolute Gasteiger partial charge is 0.378 e. The van der Waals surface area contributed by atoms with Crippen LogP contribution >= 0.6 is 24.0 Å². The Kier molecular flexibility index (Phi) is 6.82. The fourth-order valence-electron chi connectivity index (χ4n) is 3.52. The Morgan fingerprint density at radius 1 is 1.12 bits per heavy atom. The van der Waals surface area contributed by atoms with E-state index in [9.17, 15) is 0 Å².